The number of rotatable bonds is 9. The minimum atomic E-state index is -0.661. The summed E-state index contributed by atoms with van der Waals surface area (Å²) in [7, 11) is 3.31. The van der Waals surface area contributed by atoms with Crippen LogP contribution in [0.2, 0.25) is 0 Å². The van der Waals surface area contributed by atoms with Crippen molar-refractivity contribution in [3.05, 3.63) is 35.4 Å². The number of nitrogens with zero attached hydrogens (tertiary/aromatic N) is 2. The summed E-state index contributed by atoms with van der Waals surface area (Å²) in [6.45, 7) is 4.13. The number of benzene rings is 1. The third-order valence-electron chi connectivity index (χ3n) is 8.99. The number of nitrogens with one attached hydrogen (secondary N) is 1. The van der Waals surface area contributed by atoms with Crippen LogP contribution in [0.25, 0.3) is 0 Å². The molecule has 4 aliphatic rings. The fraction of sp³-hybridized carbons (Fsp3) is 0.690. The molecule has 1 N–H and O–H groups in total. The van der Waals surface area contributed by atoms with E-state index in [1.165, 1.54) is 5.56 Å². The van der Waals surface area contributed by atoms with Crippen LogP contribution in [0.5, 0.6) is 0 Å². The van der Waals surface area contributed by atoms with Crippen LogP contribution in [0.3, 0.4) is 0 Å². The van der Waals surface area contributed by atoms with E-state index >= 15 is 0 Å². The molecule has 38 heavy (non-hydrogen) atoms. The molecule has 5 rings (SSSR count). The van der Waals surface area contributed by atoms with Crippen molar-refractivity contribution in [3.63, 3.8) is 0 Å². The molecule has 2 amide bonds. The number of amides is 2. The quantitative estimate of drug-likeness (QED) is 0.525. The number of hydrogen-bond acceptors (Lipinski definition) is 7. The molecular formula is C29H41N3O6. The van der Waals surface area contributed by atoms with Gasteiger partial charge < -0.3 is 29.3 Å². The van der Waals surface area contributed by atoms with E-state index in [0.29, 0.717) is 18.0 Å². The van der Waals surface area contributed by atoms with E-state index in [4.69, 9.17) is 14.2 Å². The molecule has 1 aromatic carbocycles. The minimum Gasteiger partial charge on any atom is -0.383 e. The number of carbonyl (C=O) groups is 3. The fourth-order valence-electron chi connectivity index (χ4n) is 6.74. The number of piperidine rings is 1. The number of likely N-dealkylation sites (tertiary alicyclic amines) is 2. The molecule has 0 spiro atoms. The Morgan fingerprint density at radius 2 is 1.79 bits per heavy atom. The molecule has 1 aromatic rings. The van der Waals surface area contributed by atoms with E-state index in [-0.39, 0.29) is 36.2 Å². The number of hydrogen-bond donors (Lipinski definition) is 1. The second-order valence-corrected chi connectivity index (χ2v) is 11.2. The smallest absolute Gasteiger partial charge is 0.251 e. The van der Waals surface area contributed by atoms with Gasteiger partial charge in [-0.15, -0.1) is 0 Å². The molecule has 3 aliphatic heterocycles. The van der Waals surface area contributed by atoms with E-state index < -0.39 is 18.2 Å². The maximum Gasteiger partial charge on any atom is 0.251 e. The molecule has 3 saturated heterocycles. The lowest BCUT2D eigenvalue weighted by atomic mass is 9.89. The summed E-state index contributed by atoms with van der Waals surface area (Å²) < 4.78 is 16.4. The third-order valence-corrected chi connectivity index (χ3v) is 8.99. The van der Waals surface area contributed by atoms with Gasteiger partial charge in [0.15, 0.2) is 5.78 Å². The van der Waals surface area contributed by atoms with Gasteiger partial charge in [0.25, 0.3) is 5.91 Å². The molecule has 0 bridgehead atoms. The van der Waals surface area contributed by atoms with Crippen molar-refractivity contribution in [1.82, 2.24) is 15.1 Å². The van der Waals surface area contributed by atoms with Crippen LogP contribution in [0.4, 0.5) is 0 Å². The van der Waals surface area contributed by atoms with E-state index in [1.807, 2.05) is 12.1 Å². The van der Waals surface area contributed by atoms with Gasteiger partial charge in [-0.1, -0.05) is 25.0 Å². The van der Waals surface area contributed by atoms with Gasteiger partial charge >= 0.3 is 0 Å². The maximum atomic E-state index is 13.8. The van der Waals surface area contributed by atoms with Crippen molar-refractivity contribution in [2.45, 2.75) is 68.7 Å². The highest BCUT2D eigenvalue weighted by Gasteiger charge is 2.54. The van der Waals surface area contributed by atoms with Crippen LogP contribution in [-0.2, 0) is 23.8 Å². The normalized spacial score (nSPS) is 27.6. The molecule has 4 fully saturated rings. The first-order valence-corrected chi connectivity index (χ1v) is 14.1. The molecule has 4 atom stereocenters. The first-order chi connectivity index (χ1) is 18.5. The highest BCUT2D eigenvalue weighted by Crippen LogP contribution is 2.34. The first kappa shape index (κ1) is 27.2. The second kappa shape index (κ2) is 12.2. The van der Waals surface area contributed by atoms with E-state index in [0.717, 1.165) is 64.8 Å². The molecule has 0 aromatic heterocycles. The van der Waals surface area contributed by atoms with Crippen LogP contribution >= 0.6 is 0 Å². The third kappa shape index (κ3) is 5.66. The number of methoxy groups -OCH3 is 2. The lowest BCUT2D eigenvalue weighted by Crippen LogP contribution is -2.54. The summed E-state index contributed by atoms with van der Waals surface area (Å²) in [6.07, 6.45) is 5.27. The van der Waals surface area contributed by atoms with Gasteiger partial charge in [0.2, 0.25) is 5.91 Å². The topological polar surface area (TPSA) is 97.4 Å². The first-order valence-electron chi connectivity index (χ1n) is 14.1. The maximum absolute atomic E-state index is 13.8. The van der Waals surface area contributed by atoms with E-state index in [2.05, 4.69) is 22.3 Å². The standard InChI is InChI=1S/C29H41N3O6/c1-36-16-15-31-13-11-20(12-14-31)19-7-9-22(10-8-19)28(34)30-25(21-5-3-4-6-21)29(35)32-17-24(37-2)27-26(32)23(33)18-38-27/h7-10,20-21,24-27H,3-6,11-18H2,1-2H3,(H,30,34)/t24-,25+,26-,27-/m1/s1. The molecule has 0 unspecified atom stereocenters. The highest BCUT2D eigenvalue weighted by atomic mass is 16.5. The Morgan fingerprint density at radius 3 is 2.45 bits per heavy atom. The summed E-state index contributed by atoms with van der Waals surface area (Å²) in [5.41, 5.74) is 1.81. The van der Waals surface area contributed by atoms with E-state index in [1.54, 1.807) is 19.1 Å². The summed E-state index contributed by atoms with van der Waals surface area (Å²) >= 11 is 0. The molecule has 1 saturated carbocycles. The number of Topliss-reactive ketones (excluding diaryl/α,β-unsaturated/α-hetero) is 1. The van der Waals surface area contributed by atoms with Gasteiger partial charge in [-0.25, -0.2) is 0 Å². The minimum absolute atomic E-state index is 0.00203. The average molecular weight is 528 g/mol. The molecule has 0 radical (unpaired) electrons. The van der Waals surface area contributed by atoms with Crippen molar-refractivity contribution in [2.24, 2.45) is 5.92 Å². The lowest BCUT2D eigenvalue weighted by Gasteiger charge is -2.32. The Labute approximate surface area is 225 Å². The Bertz CT molecular complexity index is 987. The molecule has 3 heterocycles. The van der Waals surface area contributed by atoms with Gasteiger partial charge in [0, 0.05) is 26.3 Å². The van der Waals surface area contributed by atoms with Gasteiger partial charge in [-0.3, -0.25) is 14.4 Å². The SMILES string of the molecule is COCCN1CCC(c2ccc(C(=O)N[C@H](C(=O)N3C[C@@H](OC)[C@H]4OCC(=O)[C@H]43)C3CCCC3)cc2)CC1. The Kier molecular flexibility index (Phi) is 8.77. The van der Waals surface area contributed by atoms with Gasteiger partial charge in [0.05, 0.1) is 13.2 Å². The fourth-order valence-corrected chi connectivity index (χ4v) is 6.74. The van der Waals surface area contributed by atoms with Crippen molar-refractivity contribution >= 4 is 17.6 Å². The van der Waals surface area contributed by atoms with Crippen molar-refractivity contribution < 1.29 is 28.6 Å². The van der Waals surface area contributed by atoms with Crippen LogP contribution in [-0.4, -0.2) is 105 Å². The molecule has 9 nitrogen and oxygen atoms in total. The largest absolute Gasteiger partial charge is 0.383 e. The van der Waals surface area contributed by atoms with Crippen LogP contribution in [0.15, 0.2) is 24.3 Å². The molecule has 9 heteroatoms. The number of ether oxygens (including phenoxy) is 3. The predicted octanol–water partition coefficient (Wildman–Crippen LogP) is 1.99. The van der Waals surface area contributed by atoms with Crippen LogP contribution < -0.4 is 5.32 Å². The van der Waals surface area contributed by atoms with Gasteiger partial charge in [-0.2, -0.15) is 0 Å². The van der Waals surface area contributed by atoms with Gasteiger partial charge in [0.1, 0.15) is 30.9 Å². The Balaban J connectivity index is 1.24. The van der Waals surface area contributed by atoms with E-state index in [9.17, 15) is 14.4 Å². The van der Waals surface area contributed by atoms with Gasteiger partial charge in [-0.05, 0) is 68.3 Å². The summed E-state index contributed by atoms with van der Waals surface area (Å²) in [4.78, 5) is 43.8. The van der Waals surface area contributed by atoms with Crippen molar-refractivity contribution in [3.8, 4) is 0 Å². The zero-order valence-corrected chi connectivity index (χ0v) is 22.6. The number of fused-ring (bicyclic) bond motifs is 1. The number of carbonyl (C=O) groups excluding carboxylic acids is 3. The van der Waals surface area contributed by atoms with Crippen molar-refractivity contribution in [1.29, 1.82) is 0 Å². The highest BCUT2D eigenvalue weighted by molar-refractivity contribution is 5.99. The van der Waals surface area contributed by atoms with Crippen LogP contribution in [0.1, 0.15) is 60.4 Å². The molecule has 1 aliphatic carbocycles. The summed E-state index contributed by atoms with van der Waals surface area (Å²) in [6, 6.07) is 6.57. The lowest BCUT2D eigenvalue weighted by molar-refractivity contribution is -0.139. The molecular weight excluding hydrogens is 486 g/mol. The zero-order chi connectivity index (χ0) is 26.6. The average Bonchev–Trinajstić information content (AvgIpc) is 3.69. The number of ketones is 1. The summed E-state index contributed by atoms with van der Waals surface area (Å²) in [5.74, 6) is 0.00691. The monoisotopic (exact) mass is 527 g/mol. The zero-order valence-electron chi connectivity index (χ0n) is 22.6. The van der Waals surface area contributed by atoms with Crippen LogP contribution in [0, 0.1) is 5.92 Å². The second-order valence-electron chi connectivity index (χ2n) is 11.2. The van der Waals surface area contributed by atoms with Crippen molar-refractivity contribution in [2.75, 3.05) is 53.6 Å². The summed E-state index contributed by atoms with van der Waals surface area (Å²) in [5, 5.41) is 3.06. The molecule has 208 valence electrons. The Hall–Kier alpha value is -2.33. The predicted molar refractivity (Wildman–Crippen MR) is 141 cm³/mol. The Morgan fingerprint density at radius 1 is 1.08 bits per heavy atom.